The van der Waals surface area contributed by atoms with Crippen molar-refractivity contribution in [1.82, 2.24) is 4.98 Å². The van der Waals surface area contributed by atoms with Crippen molar-refractivity contribution in [2.24, 2.45) is 0 Å². The molecule has 0 bridgehead atoms. The molecular formula is C16H13F3N2O2S. The normalized spacial score (nSPS) is 11.9. The summed E-state index contributed by atoms with van der Waals surface area (Å²) in [7, 11) is 0. The predicted molar refractivity (Wildman–Crippen MR) is 85.1 cm³/mol. The monoisotopic (exact) mass is 354 g/mol. The van der Waals surface area contributed by atoms with Crippen LogP contribution in [0.3, 0.4) is 0 Å². The Labute approximate surface area is 139 Å². The topological polar surface area (TPSA) is 55.1 Å². The highest BCUT2D eigenvalue weighted by molar-refractivity contribution is 7.15. The van der Waals surface area contributed by atoms with Gasteiger partial charge in [-0.15, -0.1) is 0 Å². The van der Waals surface area contributed by atoms with Crippen LogP contribution in [0.1, 0.15) is 21.6 Å². The molecule has 1 N–H and O–H groups in total. The van der Waals surface area contributed by atoms with E-state index in [0.717, 1.165) is 16.5 Å². The molecule has 0 aliphatic heterocycles. The Balaban J connectivity index is 1.76. The van der Waals surface area contributed by atoms with E-state index in [4.69, 9.17) is 4.42 Å². The quantitative estimate of drug-likeness (QED) is 0.741. The highest BCUT2D eigenvalue weighted by Gasteiger charge is 2.33. The molecule has 0 aliphatic rings. The van der Waals surface area contributed by atoms with Crippen molar-refractivity contribution in [2.45, 2.75) is 26.4 Å². The molecule has 2 aromatic heterocycles. The molecule has 2 heterocycles. The summed E-state index contributed by atoms with van der Waals surface area (Å²) >= 11 is 0.397. The number of hydrogen-bond donors (Lipinski definition) is 1. The number of benzene rings is 1. The molecule has 8 heteroatoms. The first-order valence-corrected chi connectivity index (χ1v) is 7.86. The number of rotatable bonds is 3. The van der Waals surface area contributed by atoms with E-state index in [0.29, 0.717) is 28.7 Å². The molecular weight excluding hydrogens is 341 g/mol. The van der Waals surface area contributed by atoms with Crippen LogP contribution in [-0.4, -0.2) is 10.9 Å². The zero-order chi connectivity index (χ0) is 17.5. The van der Waals surface area contributed by atoms with Crippen LogP contribution >= 0.6 is 11.3 Å². The van der Waals surface area contributed by atoms with Crippen LogP contribution in [0.15, 0.2) is 29.0 Å². The lowest BCUT2D eigenvalue weighted by Crippen LogP contribution is -2.13. The number of fused-ring (bicyclic) bond motifs is 1. The average Bonchev–Trinajstić information content (AvgIpc) is 3.10. The number of carbonyl (C=O) groups is 1. The van der Waals surface area contributed by atoms with E-state index in [-0.39, 0.29) is 11.6 Å². The number of amides is 1. The van der Waals surface area contributed by atoms with Gasteiger partial charge in [0.2, 0.25) is 5.91 Å². The van der Waals surface area contributed by atoms with Gasteiger partial charge >= 0.3 is 6.18 Å². The summed E-state index contributed by atoms with van der Waals surface area (Å²) in [6.07, 6.45) is -2.26. The van der Waals surface area contributed by atoms with Gasteiger partial charge in [-0.2, -0.15) is 13.2 Å². The van der Waals surface area contributed by atoms with Crippen LogP contribution in [0.2, 0.25) is 0 Å². The molecule has 126 valence electrons. The first-order chi connectivity index (χ1) is 11.3. The van der Waals surface area contributed by atoms with Gasteiger partial charge in [0.05, 0.1) is 18.9 Å². The van der Waals surface area contributed by atoms with Crippen molar-refractivity contribution in [2.75, 3.05) is 5.32 Å². The van der Waals surface area contributed by atoms with Gasteiger partial charge in [0.25, 0.3) is 0 Å². The van der Waals surface area contributed by atoms with Gasteiger partial charge in [0.15, 0.2) is 5.13 Å². The molecule has 0 aliphatic carbocycles. The zero-order valence-electron chi connectivity index (χ0n) is 12.8. The maximum Gasteiger partial charge on any atom is 0.427 e. The van der Waals surface area contributed by atoms with Gasteiger partial charge in [-0.05, 0) is 25.0 Å². The number of aryl methyl sites for hydroxylation is 2. The third-order valence-electron chi connectivity index (χ3n) is 3.72. The van der Waals surface area contributed by atoms with Crippen LogP contribution < -0.4 is 5.32 Å². The van der Waals surface area contributed by atoms with E-state index in [1.165, 1.54) is 6.26 Å². The number of halogens is 3. The smallest absolute Gasteiger partial charge is 0.427 e. The van der Waals surface area contributed by atoms with Crippen molar-refractivity contribution in [1.29, 1.82) is 0 Å². The first-order valence-electron chi connectivity index (χ1n) is 7.05. The average molecular weight is 354 g/mol. The Morgan fingerprint density at radius 1 is 1.33 bits per heavy atom. The number of furan rings is 1. The van der Waals surface area contributed by atoms with E-state index in [1.807, 2.05) is 26.0 Å². The van der Waals surface area contributed by atoms with Gasteiger partial charge in [0, 0.05) is 10.9 Å². The van der Waals surface area contributed by atoms with Gasteiger partial charge in [-0.1, -0.05) is 23.5 Å². The van der Waals surface area contributed by atoms with Crippen LogP contribution in [0, 0.1) is 13.8 Å². The minimum Gasteiger partial charge on any atom is -0.464 e. The van der Waals surface area contributed by atoms with Gasteiger partial charge in [-0.3, -0.25) is 4.79 Å². The maximum atomic E-state index is 12.5. The summed E-state index contributed by atoms with van der Waals surface area (Å²) in [6.45, 7) is 3.89. The second-order valence-electron chi connectivity index (χ2n) is 5.40. The Kier molecular flexibility index (Phi) is 4.08. The number of aromatic nitrogens is 1. The number of hydrogen-bond acceptors (Lipinski definition) is 4. The minimum absolute atomic E-state index is 0.00354. The number of carbonyl (C=O) groups excluding carboxylic acids is 1. The Morgan fingerprint density at radius 3 is 2.75 bits per heavy atom. The molecule has 4 nitrogen and oxygen atoms in total. The van der Waals surface area contributed by atoms with Crippen molar-refractivity contribution >= 4 is 33.3 Å². The van der Waals surface area contributed by atoms with Crippen LogP contribution in [0.4, 0.5) is 18.3 Å². The van der Waals surface area contributed by atoms with Crippen molar-refractivity contribution in [3.05, 3.63) is 46.2 Å². The Morgan fingerprint density at radius 2 is 2.08 bits per heavy atom. The SMILES string of the molecule is Cc1ccc2c(CC(=O)Nc3ncc(C(F)(F)F)s3)coc2c1C. The van der Waals surface area contributed by atoms with Gasteiger partial charge in [-0.25, -0.2) is 4.98 Å². The summed E-state index contributed by atoms with van der Waals surface area (Å²) < 4.78 is 43.1. The van der Waals surface area contributed by atoms with Gasteiger partial charge < -0.3 is 9.73 Å². The summed E-state index contributed by atoms with van der Waals surface area (Å²) in [5.41, 5.74) is 3.47. The Bertz CT molecular complexity index is 912. The molecule has 0 radical (unpaired) electrons. The molecule has 3 rings (SSSR count). The fourth-order valence-corrected chi connectivity index (χ4v) is 3.02. The van der Waals surface area contributed by atoms with E-state index >= 15 is 0 Å². The fraction of sp³-hybridized carbons (Fsp3) is 0.250. The molecule has 0 fully saturated rings. The van der Waals surface area contributed by atoms with Crippen molar-refractivity contribution in [3.8, 4) is 0 Å². The largest absolute Gasteiger partial charge is 0.464 e. The molecule has 3 aromatic rings. The van der Waals surface area contributed by atoms with Crippen molar-refractivity contribution < 1.29 is 22.4 Å². The van der Waals surface area contributed by atoms with E-state index in [9.17, 15) is 18.0 Å². The third kappa shape index (κ3) is 3.14. The van der Waals surface area contributed by atoms with E-state index in [2.05, 4.69) is 10.3 Å². The molecule has 1 aromatic carbocycles. The number of thiazole rings is 1. The molecule has 0 unspecified atom stereocenters. The molecule has 24 heavy (non-hydrogen) atoms. The highest BCUT2D eigenvalue weighted by atomic mass is 32.1. The second-order valence-corrected chi connectivity index (χ2v) is 6.43. The fourth-order valence-electron chi connectivity index (χ4n) is 2.32. The van der Waals surface area contributed by atoms with E-state index < -0.39 is 17.0 Å². The third-order valence-corrected chi connectivity index (χ3v) is 4.68. The lowest BCUT2D eigenvalue weighted by Gasteiger charge is -2.02. The minimum atomic E-state index is -4.46. The van der Waals surface area contributed by atoms with Crippen LogP contribution in [0.5, 0.6) is 0 Å². The number of alkyl halides is 3. The summed E-state index contributed by atoms with van der Waals surface area (Å²) in [6, 6.07) is 3.81. The molecule has 0 spiro atoms. The second kappa shape index (κ2) is 5.94. The Hall–Kier alpha value is -2.35. The highest BCUT2D eigenvalue weighted by Crippen LogP contribution is 2.35. The lowest BCUT2D eigenvalue weighted by atomic mass is 10.0. The first kappa shape index (κ1) is 16.5. The zero-order valence-corrected chi connectivity index (χ0v) is 13.6. The summed E-state index contributed by atoms with van der Waals surface area (Å²) in [5.74, 6) is -0.445. The summed E-state index contributed by atoms with van der Waals surface area (Å²) in [5, 5.41) is 3.14. The lowest BCUT2D eigenvalue weighted by molar-refractivity contribution is -0.134. The van der Waals surface area contributed by atoms with Crippen LogP contribution in [-0.2, 0) is 17.4 Å². The van der Waals surface area contributed by atoms with Crippen LogP contribution in [0.25, 0.3) is 11.0 Å². The predicted octanol–water partition coefficient (Wildman–Crippen LogP) is 4.71. The summed E-state index contributed by atoms with van der Waals surface area (Å²) in [4.78, 5) is 14.8. The van der Waals surface area contributed by atoms with E-state index in [1.54, 1.807) is 0 Å². The molecule has 1 amide bonds. The molecule has 0 saturated heterocycles. The molecule has 0 saturated carbocycles. The standard InChI is InChI=1S/C16H13F3N2O2S/c1-8-3-4-11-10(7-23-14(11)9(8)2)5-13(22)21-15-20-6-12(24-15)16(17,18)19/h3-4,6-7H,5H2,1-2H3,(H,20,21,22). The van der Waals surface area contributed by atoms with Crippen molar-refractivity contribution in [3.63, 3.8) is 0 Å². The molecule has 0 atom stereocenters. The number of nitrogens with one attached hydrogen (secondary N) is 1. The van der Waals surface area contributed by atoms with Gasteiger partial charge in [0.1, 0.15) is 10.5 Å². The maximum absolute atomic E-state index is 12.5. The number of anilines is 1. The number of nitrogens with zero attached hydrogens (tertiary/aromatic N) is 1.